The van der Waals surface area contributed by atoms with Gasteiger partial charge in [-0.1, -0.05) is 33.3 Å². The summed E-state index contributed by atoms with van der Waals surface area (Å²) in [4.78, 5) is 12.7. The number of aliphatic hydroxyl groups excluding tert-OH is 1. The fourth-order valence-corrected chi connectivity index (χ4v) is 9.59. The van der Waals surface area contributed by atoms with Gasteiger partial charge in [-0.2, -0.15) is 0 Å². The van der Waals surface area contributed by atoms with Crippen LogP contribution in [0.15, 0.2) is 37.6 Å². The van der Waals surface area contributed by atoms with Crippen molar-refractivity contribution in [2.24, 2.45) is 40.4 Å². The molecular weight excluding hydrogens is 498 g/mol. The zero-order valence-electron chi connectivity index (χ0n) is 25.5. The molecule has 0 aromatic carbocycles. The lowest BCUT2D eigenvalue weighted by molar-refractivity contribution is -0.165. The van der Waals surface area contributed by atoms with Crippen LogP contribution >= 0.6 is 0 Å². The average molecular weight is 556 g/mol. The Bertz CT molecular complexity index is 884. The predicted molar refractivity (Wildman–Crippen MR) is 164 cm³/mol. The van der Waals surface area contributed by atoms with E-state index in [0.29, 0.717) is 28.7 Å². The maximum absolute atomic E-state index is 11.5. The molecule has 0 saturated heterocycles. The average Bonchev–Trinajstić information content (AvgIpc) is 3.31. The molecule has 6 nitrogen and oxygen atoms in total. The van der Waals surface area contributed by atoms with Gasteiger partial charge in [-0.15, -0.1) is 13.2 Å². The van der Waals surface area contributed by atoms with Gasteiger partial charge in [-0.05, 0) is 130 Å². The molecule has 1 heterocycles. The van der Waals surface area contributed by atoms with Crippen LogP contribution in [-0.2, 0) is 11.3 Å². The molecule has 0 bridgehead atoms. The van der Waals surface area contributed by atoms with Crippen LogP contribution in [0, 0.1) is 40.4 Å². The largest absolute Gasteiger partial charge is 0.483 e. The van der Waals surface area contributed by atoms with Crippen LogP contribution in [-0.4, -0.2) is 46.9 Å². The Morgan fingerprint density at radius 3 is 2.42 bits per heavy atom. The van der Waals surface area contributed by atoms with E-state index in [1.165, 1.54) is 64.2 Å². The SMILES string of the molecule is C=C.CC[C@H]1CC[C@H]2[C@@H]3[C@H](O)C[C@@H]4C[C@H](NCCCCNCc5ccccn5)CC[C@]4(C)[C@H]3CC[C@]12C.O=CO. The van der Waals surface area contributed by atoms with Crippen LogP contribution < -0.4 is 10.6 Å². The molecule has 4 aliphatic rings. The summed E-state index contributed by atoms with van der Waals surface area (Å²) in [5.41, 5.74) is 2.06. The third kappa shape index (κ3) is 7.17. The molecule has 0 unspecified atom stereocenters. The number of pyridine rings is 1. The van der Waals surface area contributed by atoms with Crippen molar-refractivity contribution in [3.63, 3.8) is 0 Å². The van der Waals surface area contributed by atoms with Crippen LogP contribution in [0.3, 0.4) is 0 Å². The fourth-order valence-electron chi connectivity index (χ4n) is 9.59. The lowest BCUT2D eigenvalue weighted by atomic mass is 9.44. The Kier molecular flexibility index (Phi) is 12.7. The van der Waals surface area contributed by atoms with Crippen LogP contribution in [0.25, 0.3) is 0 Å². The Morgan fingerprint density at radius 2 is 1.73 bits per heavy atom. The minimum atomic E-state index is -0.250. The summed E-state index contributed by atoms with van der Waals surface area (Å²) in [5, 5.41) is 25.8. The van der Waals surface area contributed by atoms with Crippen LogP contribution in [0.1, 0.15) is 97.1 Å². The zero-order chi connectivity index (χ0) is 29.2. The van der Waals surface area contributed by atoms with Gasteiger partial charge in [0.15, 0.2) is 0 Å². The number of nitrogens with one attached hydrogen (secondary N) is 2. The van der Waals surface area contributed by atoms with Crippen LogP contribution in [0.2, 0.25) is 0 Å². The van der Waals surface area contributed by atoms with E-state index in [1.807, 2.05) is 12.3 Å². The summed E-state index contributed by atoms with van der Waals surface area (Å²) in [6.45, 7) is 16.4. The van der Waals surface area contributed by atoms with Crippen molar-refractivity contribution in [1.82, 2.24) is 15.6 Å². The second kappa shape index (κ2) is 15.5. The summed E-state index contributed by atoms with van der Waals surface area (Å²) in [5.74, 6) is 3.65. The third-order valence-electron chi connectivity index (χ3n) is 11.6. The molecule has 0 radical (unpaired) electrons. The number of rotatable bonds is 9. The number of aliphatic hydroxyl groups is 1. The number of hydrogen-bond donors (Lipinski definition) is 4. The molecule has 4 aliphatic carbocycles. The predicted octanol–water partition coefficient (Wildman–Crippen LogP) is 6.45. The van der Waals surface area contributed by atoms with Gasteiger partial charge in [0, 0.05) is 18.8 Å². The molecule has 1 aromatic rings. The van der Waals surface area contributed by atoms with Gasteiger partial charge in [-0.25, -0.2) is 0 Å². The summed E-state index contributed by atoms with van der Waals surface area (Å²) in [7, 11) is 0. The van der Waals surface area contributed by atoms with Crippen molar-refractivity contribution in [2.75, 3.05) is 13.1 Å². The quantitative estimate of drug-likeness (QED) is 0.159. The smallest absolute Gasteiger partial charge is 0.290 e. The van der Waals surface area contributed by atoms with E-state index >= 15 is 0 Å². The minimum Gasteiger partial charge on any atom is -0.483 e. The van der Waals surface area contributed by atoms with Crippen molar-refractivity contribution in [2.45, 2.75) is 110 Å². The molecule has 226 valence electrons. The number of aromatic nitrogens is 1. The fraction of sp³-hybridized carbons (Fsp3) is 0.765. The number of carboxylic acid groups (broad SMARTS) is 1. The Hall–Kier alpha value is -1.76. The lowest BCUT2D eigenvalue weighted by Gasteiger charge is -2.62. The second-order valence-corrected chi connectivity index (χ2v) is 13.3. The molecule has 40 heavy (non-hydrogen) atoms. The number of carbonyl (C=O) groups is 1. The first kappa shape index (κ1) is 32.8. The third-order valence-corrected chi connectivity index (χ3v) is 11.6. The van der Waals surface area contributed by atoms with Crippen LogP contribution in [0.5, 0.6) is 0 Å². The van der Waals surface area contributed by atoms with E-state index in [-0.39, 0.29) is 12.6 Å². The first-order valence-electron chi connectivity index (χ1n) is 16.0. The highest BCUT2D eigenvalue weighted by Crippen LogP contribution is 2.67. The number of fused-ring (bicyclic) bond motifs is 5. The first-order valence-corrected chi connectivity index (χ1v) is 16.0. The van der Waals surface area contributed by atoms with Crippen molar-refractivity contribution >= 4 is 6.47 Å². The summed E-state index contributed by atoms with van der Waals surface area (Å²) >= 11 is 0. The summed E-state index contributed by atoms with van der Waals surface area (Å²) < 4.78 is 0. The monoisotopic (exact) mass is 555 g/mol. The first-order chi connectivity index (χ1) is 19.4. The second-order valence-electron chi connectivity index (χ2n) is 13.3. The van der Waals surface area contributed by atoms with Crippen molar-refractivity contribution < 1.29 is 15.0 Å². The van der Waals surface area contributed by atoms with E-state index in [0.717, 1.165) is 49.5 Å². The van der Waals surface area contributed by atoms with Gasteiger partial charge in [0.2, 0.25) is 0 Å². The molecule has 4 N–H and O–H groups in total. The zero-order valence-corrected chi connectivity index (χ0v) is 25.5. The van der Waals surface area contributed by atoms with E-state index in [4.69, 9.17) is 9.90 Å². The highest BCUT2D eigenvalue weighted by molar-refractivity contribution is 5.32. The molecule has 0 aliphatic heterocycles. The van der Waals surface area contributed by atoms with E-state index in [9.17, 15) is 5.11 Å². The van der Waals surface area contributed by atoms with E-state index in [1.54, 1.807) is 0 Å². The van der Waals surface area contributed by atoms with Gasteiger partial charge in [0.05, 0.1) is 11.8 Å². The topological polar surface area (TPSA) is 94.5 Å². The number of unbranched alkanes of at least 4 members (excludes halogenated alkanes) is 1. The maximum Gasteiger partial charge on any atom is 0.290 e. The van der Waals surface area contributed by atoms with Gasteiger partial charge >= 0.3 is 0 Å². The Morgan fingerprint density at radius 1 is 1.02 bits per heavy atom. The molecule has 0 amide bonds. The Labute approximate surface area is 243 Å². The number of hydrogen-bond acceptors (Lipinski definition) is 5. The van der Waals surface area contributed by atoms with Gasteiger partial charge in [0.25, 0.3) is 6.47 Å². The summed E-state index contributed by atoms with van der Waals surface area (Å²) in [6, 6.07) is 6.74. The highest BCUT2D eigenvalue weighted by Gasteiger charge is 2.62. The highest BCUT2D eigenvalue weighted by atomic mass is 16.3. The lowest BCUT2D eigenvalue weighted by Crippen LogP contribution is -2.59. The van der Waals surface area contributed by atoms with Crippen molar-refractivity contribution in [3.05, 3.63) is 43.2 Å². The molecular formula is C34H57N3O3. The normalized spacial score (nSPS) is 37.9. The molecule has 4 fully saturated rings. The maximum atomic E-state index is 11.5. The van der Waals surface area contributed by atoms with Crippen LogP contribution in [0.4, 0.5) is 0 Å². The molecule has 0 spiro atoms. The molecule has 6 heteroatoms. The van der Waals surface area contributed by atoms with Crippen molar-refractivity contribution in [3.8, 4) is 0 Å². The molecule has 9 atom stereocenters. The summed E-state index contributed by atoms with van der Waals surface area (Å²) in [6.07, 6.45) is 16.1. The van der Waals surface area contributed by atoms with E-state index < -0.39 is 0 Å². The van der Waals surface area contributed by atoms with E-state index in [2.05, 4.69) is 61.7 Å². The number of nitrogens with zero attached hydrogens (tertiary/aromatic N) is 1. The van der Waals surface area contributed by atoms with Crippen molar-refractivity contribution in [1.29, 1.82) is 0 Å². The van der Waals surface area contributed by atoms with Gasteiger partial charge in [-0.3, -0.25) is 9.78 Å². The van der Waals surface area contributed by atoms with Gasteiger partial charge in [0.1, 0.15) is 0 Å². The molecule has 1 aromatic heterocycles. The minimum absolute atomic E-state index is 0.0674. The molecule has 4 saturated carbocycles. The Balaban J connectivity index is 0.000000827. The molecule has 5 rings (SSSR count). The van der Waals surface area contributed by atoms with Gasteiger partial charge < -0.3 is 20.8 Å². The standard InChI is InChI=1S/C31H51N3O.C2H4.CH2O2/c1-4-22-10-11-26-29-27(13-15-30(22,26)2)31(3)14-12-24(19-23(31)20-28(29)35)33-18-8-7-16-32-21-25-9-5-6-17-34-25;1-2;2-1-3/h5-6,9,17,22-24,26-29,32-33,35H,4,7-8,10-16,18-21H2,1-3H3;1-2H2;1H,(H,2,3)/t22-,23-,24+,26-,27-,28+,29-,30+,31-;;/m0../s1.